The number of halogens is 3. The van der Waals surface area contributed by atoms with Crippen LogP contribution in [0.2, 0.25) is 0 Å². The number of carbonyl (C=O) groups excluding carboxylic acids is 4. The number of benzene rings is 3. The van der Waals surface area contributed by atoms with Crippen LogP contribution in [0.5, 0.6) is 0 Å². The molecule has 0 bridgehead atoms. The number of hydrogen-bond donors (Lipinski definition) is 2. The smallest absolute Gasteiger partial charge is 0.416 e. The van der Waals surface area contributed by atoms with Gasteiger partial charge in [-0.1, -0.05) is 85.7 Å². The summed E-state index contributed by atoms with van der Waals surface area (Å²) in [7, 11) is 0. The Morgan fingerprint density at radius 2 is 1.71 bits per heavy atom. The molecule has 1 aliphatic rings. The molecule has 3 amide bonds. The fourth-order valence-electron chi connectivity index (χ4n) is 5.20. The van der Waals surface area contributed by atoms with Gasteiger partial charge in [-0.25, -0.2) is 9.59 Å². The average molecular weight is 664 g/mol. The Hall–Kier alpha value is -5.53. The Morgan fingerprint density at radius 1 is 1.00 bits per heavy atom. The lowest BCUT2D eigenvalue weighted by atomic mass is 9.99. The fourth-order valence-corrected chi connectivity index (χ4v) is 5.20. The van der Waals surface area contributed by atoms with Crippen molar-refractivity contribution in [2.75, 3.05) is 11.4 Å². The third-order valence-electron chi connectivity index (χ3n) is 7.69. The molecule has 0 aliphatic carbocycles. The Kier molecular flexibility index (Phi) is 10.2. The summed E-state index contributed by atoms with van der Waals surface area (Å²) in [6, 6.07) is 17.6. The van der Waals surface area contributed by atoms with Crippen molar-refractivity contribution in [1.82, 2.24) is 20.8 Å². The molecule has 0 radical (unpaired) electrons. The molecule has 14 heteroatoms. The van der Waals surface area contributed by atoms with Gasteiger partial charge in [0.15, 0.2) is 5.78 Å². The summed E-state index contributed by atoms with van der Waals surface area (Å²) >= 11 is 0. The number of aromatic nitrogens is 2. The number of hydrogen-bond acceptors (Lipinski definition) is 8. The highest BCUT2D eigenvalue weighted by atomic mass is 19.4. The standard InChI is InChI=1S/C34H32F3N5O6/c1-20(2)29(30(44)31-39-28(48-41-31)16-22-11-8-13-24(15-22)34(35,36)37)40-32(45)42-18-27(43)25(17-23-12-6-7-14-26(23)42)38-33(46)47-19-21-9-4-3-5-10-21/h3-15,20,25,29H,16-19H2,1-2H3,(H,38,46)(H,40,45)/t25-,29-/m0/s1. The molecule has 250 valence electrons. The predicted molar refractivity (Wildman–Crippen MR) is 166 cm³/mol. The van der Waals surface area contributed by atoms with Crippen molar-refractivity contribution in [1.29, 1.82) is 0 Å². The summed E-state index contributed by atoms with van der Waals surface area (Å²) in [5, 5.41) is 8.99. The Labute approximate surface area is 273 Å². The average Bonchev–Trinajstić information content (AvgIpc) is 3.47. The Balaban J connectivity index is 1.27. The number of rotatable bonds is 9. The lowest BCUT2D eigenvalue weighted by molar-refractivity contribution is -0.137. The maximum absolute atomic E-state index is 13.7. The number of urea groups is 1. The highest BCUT2D eigenvalue weighted by Gasteiger charge is 2.36. The van der Waals surface area contributed by atoms with Gasteiger partial charge in [0.25, 0.3) is 0 Å². The van der Waals surface area contributed by atoms with E-state index in [1.165, 1.54) is 17.0 Å². The van der Waals surface area contributed by atoms with Crippen LogP contribution in [0.1, 0.15) is 52.6 Å². The van der Waals surface area contributed by atoms with Gasteiger partial charge in [-0.15, -0.1) is 0 Å². The van der Waals surface area contributed by atoms with E-state index in [9.17, 15) is 32.3 Å². The van der Waals surface area contributed by atoms with Crippen LogP contribution < -0.4 is 15.5 Å². The van der Waals surface area contributed by atoms with Crippen LogP contribution in [0.15, 0.2) is 83.4 Å². The van der Waals surface area contributed by atoms with Gasteiger partial charge in [0.2, 0.25) is 17.5 Å². The number of carbonyl (C=O) groups is 4. The lowest BCUT2D eigenvalue weighted by Gasteiger charge is -2.27. The normalized spacial score (nSPS) is 15.3. The van der Waals surface area contributed by atoms with Crippen molar-refractivity contribution in [2.24, 2.45) is 5.92 Å². The van der Waals surface area contributed by atoms with Crippen molar-refractivity contribution in [3.63, 3.8) is 0 Å². The van der Waals surface area contributed by atoms with Crippen molar-refractivity contribution in [3.05, 3.63) is 113 Å². The summed E-state index contributed by atoms with van der Waals surface area (Å²) in [5.41, 5.74) is 1.22. The maximum Gasteiger partial charge on any atom is 0.416 e. The van der Waals surface area contributed by atoms with Crippen LogP contribution in [-0.4, -0.2) is 52.5 Å². The van der Waals surface area contributed by atoms with E-state index >= 15 is 0 Å². The second kappa shape index (κ2) is 14.5. The number of Topliss-reactive ketones (excluding diaryl/α,β-unsaturated/α-hetero) is 2. The van der Waals surface area contributed by atoms with Crippen LogP contribution in [0.4, 0.5) is 28.4 Å². The zero-order valence-corrected chi connectivity index (χ0v) is 26.0. The molecule has 2 N–H and O–H groups in total. The second-order valence-electron chi connectivity index (χ2n) is 11.6. The quantitative estimate of drug-likeness (QED) is 0.223. The lowest BCUT2D eigenvalue weighted by Crippen LogP contribution is -2.53. The summed E-state index contributed by atoms with van der Waals surface area (Å²) in [6.45, 7) is 2.98. The van der Waals surface area contributed by atoms with Gasteiger partial charge >= 0.3 is 18.3 Å². The molecular weight excluding hydrogens is 631 g/mol. The molecule has 3 aromatic carbocycles. The number of alkyl halides is 3. The van der Waals surface area contributed by atoms with Gasteiger partial charge in [-0.3, -0.25) is 14.5 Å². The van der Waals surface area contributed by atoms with Crippen LogP contribution in [0.25, 0.3) is 0 Å². The van der Waals surface area contributed by atoms with Gasteiger partial charge in [0.1, 0.15) is 6.61 Å². The number of ketones is 2. The number of ether oxygens (including phenoxy) is 1. The summed E-state index contributed by atoms with van der Waals surface area (Å²) < 4.78 is 49.8. The zero-order valence-electron chi connectivity index (χ0n) is 26.0. The second-order valence-corrected chi connectivity index (χ2v) is 11.6. The van der Waals surface area contributed by atoms with E-state index in [1.54, 1.807) is 50.2 Å². The highest BCUT2D eigenvalue weighted by molar-refractivity contribution is 6.05. The first kappa shape index (κ1) is 33.8. The van der Waals surface area contributed by atoms with Gasteiger partial charge in [-0.2, -0.15) is 18.2 Å². The molecule has 0 spiro atoms. The van der Waals surface area contributed by atoms with E-state index in [4.69, 9.17) is 9.26 Å². The minimum Gasteiger partial charge on any atom is -0.445 e. The molecular formula is C34H32F3N5O6. The SMILES string of the molecule is CC(C)[C@H](NC(=O)N1CC(=O)[C@@H](NC(=O)OCc2ccccc2)Cc2ccccc21)C(=O)c1noc(Cc2cccc(C(F)(F)F)c2)n1. The van der Waals surface area contributed by atoms with E-state index < -0.39 is 60.0 Å². The van der Waals surface area contributed by atoms with Crippen molar-refractivity contribution < 1.29 is 41.6 Å². The minimum absolute atomic E-state index is 0.0104. The third kappa shape index (κ3) is 8.24. The van der Waals surface area contributed by atoms with E-state index in [0.29, 0.717) is 11.3 Å². The summed E-state index contributed by atoms with van der Waals surface area (Å²) in [5.74, 6) is -2.05. The van der Waals surface area contributed by atoms with Crippen LogP contribution in [0.3, 0.4) is 0 Å². The number of para-hydroxylation sites is 1. The molecule has 0 saturated heterocycles. The van der Waals surface area contributed by atoms with Gasteiger partial charge in [0, 0.05) is 12.1 Å². The summed E-state index contributed by atoms with van der Waals surface area (Å²) in [4.78, 5) is 58.4. The molecule has 0 saturated carbocycles. The first-order chi connectivity index (χ1) is 22.9. The molecule has 0 fully saturated rings. The first-order valence-electron chi connectivity index (χ1n) is 15.1. The van der Waals surface area contributed by atoms with Gasteiger partial charge in [0.05, 0.1) is 30.6 Å². The van der Waals surface area contributed by atoms with Crippen molar-refractivity contribution in [3.8, 4) is 0 Å². The van der Waals surface area contributed by atoms with Crippen LogP contribution in [-0.2, 0) is 35.2 Å². The van der Waals surface area contributed by atoms with E-state index in [1.807, 2.05) is 18.2 Å². The van der Waals surface area contributed by atoms with Crippen LogP contribution >= 0.6 is 0 Å². The minimum atomic E-state index is -4.53. The fraction of sp³-hybridized carbons (Fsp3) is 0.294. The number of nitrogens with one attached hydrogen (secondary N) is 2. The van der Waals surface area contributed by atoms with Gasteiger partial charge in [-0.05, 0) is 34.7 Å². The van der Waals surface area contributed by atoms with Crippen molar-refractivity contribution in [2.45, 2.75) is 51.6 Å². The molecule has 11 nitrogen and oxygen atoms in total. The highest BCUT2D eigenvalue weighted by Crippen LogP contribution is 2.30. The number of alkyl carbamates (subject to hydrolysis) is 1. The molecule has 0 unspecified atom stereocenters. The number of amides is 3. The molecule has 4 aromatic rings. The first-order valence-corrected chi connectivity index (χ1v) is 15.1. The topological polar surface area (TPSA) is 144 Å². The van der Waals surface area contributed by atoms with Crippen molar-refractivity contribution >= 4 is 29.4 Å². The monoisotopic (exact) mass is 663 g/mol. The number of fused-ring (bicyclic) bond motifs is 1. The van der Waals surface area contributed by atoms with E-state index in [2.05, 4.69) is 20.8 Å². The van der Waals surface area contributed by atoms with E-state index in [-0.39, 0.29) is 36.7 Å². The Bertz CT molecular complexity index is 1790. The largest absolute Gasteiger partial charge is 0.445 e. The van der Waals surface area contributed by atoms with E-state index in [0.717, 1.165) is 17.7 Å². The molecule has 48 heavy (non-hydrogen) atoms. The van der Waals surface area contributed by atoms with Gasteiger partial charge < -0.3 is 19.9 Å². The molecule has 1 aromatic heterocycles. The summed E-state index contributed by atoms with van der Waals surface area (Å²) in [6.07, 6.45) is -5.36. The number of nitrogens with zero attached hydrogens (tertiary/aromatic N) is 3. The molecule has 1 aliphatic heterocycles. The maximum atomic E-state index is 13.7. The molecule has 2 heterocycles. The Morgan fingerprint density at radius 3 is 2.44 bits per heavy atom. The van der Waals surface area contributed by atoms with Crippen LogP contribution in [0, 0.1) is 5.92 Å². The zero-order chi connectivity index (χ0) is 34.4. The number of anilines is 1. The predicted octanol–water partition coefficient (Wildman–Crippen LogP) is 5.52. The molecule has 5 rings (SSSR count). The molecule has 2 atom stereocenters. The third-order valence-corrected chi connectivity index (χ3v) is 7.69.